The van der Waals surface area contributed by atoms with Gasteiger partial charge >= 0.3 is 0 Å². The van der Waals surface area contributed by atoms with Gasteiger partial charge in [-0.25, -0.2) is 0 Å². The third-order valence-electron chi connectivity index (χ3n) is 4.98. The molecular formula is C19H32N4O3. The number of carbonyl (C=O) groups excluding carboxylic acids is 3. The molecule has 0 aliphatic carbocycles. The smallest absolute Gasteiger partial charge is 0.253 e. The molecule has 0 aromatic carbocycles. The molecular weight excluding hydrogens is 332 g/mol. The molecule has 0 bridgehead atoms. The number of rotatable bonds is 4. The van der Waals surface area contributed by atoms with Gasteiger partial charge < -0.3 is 15.5 Å². The minimum atomic E-state index is -0.749. The molecule has 26 heavy (non-hydrogen) atoms. The van der Waals surface area contributed by atoms with Crippen molar-refractivity contribution >= 4 is 23.6 Å². The lowest BCUT2D eigenvalue weighted by Crippen LogP contribution is -2.55. The highest BCUT2D eigenvalue weighted by Gasteiger charge is 2.48. The molecule has 0 saturated carbocycles. The SMILES string of the molecule is CC(=O)N[C@@H](CC(C)C)C(=O)N1CCC2(CC1)N=C(C(C)(C)C)NC2=O. The van der Waals surface area contributed by atoms with E-state index in [2.05, 4.69) is 10.6 Å². The van der Waals surface area contributed by atoms with Crippen molar-refractivity contribution in [1.29, 1.82) is 0 Å². The lowest BCUT2D eigenvalue weighted by atomic mass is 9.87. The Labute approximate surface area is 156 Å². The molecule has 2 aliphatic heterocycles. The van der Waals surface area contributed by atoms with E-state index >= 15 is 0 Å². The molecule has 2 rings (SSSR count). The number of hydrogen-bond donors (Lipinski definition) is 2. The largest absolute Gasteiger partial charge is 0.345 e. The van der Waals surface area contributed by atoms with Gasteiger partial charge in [-0.15, -0.1) is 0 Å². The Kier molecular flexibility index (Phi) is 5.78. The Morgan fingerprint density at radius 3 is 2.27 bits per heavy atom. The summed E-state index contributed by atoms with van der Waals surface area (Å²) in [6.45, 7) is 12.5. The van der Waals surface area contributed by atoms with Gasteiger partial charge in [0.25, 0.3) is 5.91 Å². The summed E-state index contributed by atoms with van der Waals surface area (Å²) in [6, 6.07) is -0.507. The Hall–Kier alpha value is -1.92. The topological polar surface area (TPSA) is 90.9 Å². The molecule has 0 aromatic heterocycles. The van der Waals surface area contributed by atoms with E-state index in [1.807, 2.05) is 34.6 Å². The summed E-state index contributed by atoms with van der Waals surface area (Å²) in [7, 11) is 0. The summed E-state index contributed by atoms with van der Waals surface area (Å²) >= 11 is 0. The summed E-state index contributed by atoms with van der Waals surface area (Å²) in [5.41, 5.74) is -0.958. The first kappa shape index (κ1) is 20.4. The average molecular weight is 364 g/mol. The van der Waals surface area contributed by atoms with Crippen LogP contribution >= 0.6 is 0 Å². The van der Waals surface area contributed by atoms with Gasteiger partial charge in [-0.3, -0.25) is 19.4 Å². The van der Waals surface area contributed by atoms with Crippen LogP contribution < -0.4 is 10.6 Å². The van der Waals surface area contributed by atoms with Crippen molar-refractivity contribution < 1.29 is 14.4 Å². The van der Waals surface area contributed by atoms with Gasteiger partial charge in [0.15, 0.2) is 0 Å². The highest BCUT2D eigenvalue weighted by atomic mass is 16.2. The number of amides is 3. The molecule has 0 unspecified atom stereocenters. The minimum Gasteiger partial charge on any atom is -0.345 e. The number of carbonyl (C=O) groups is 3. The van der Waals surface area contributed by atoms with Gasteiger partial charge in [0, 0.05) is 25.4 Å². The van der Waals surface area contributed by atoms with Crippen LogP contribution in [0.3, 0.4) is 0 Å². The quantitative estimate of drug-likeness (QED) is 0.791. The molecule has 2 heterocycles. The van der Waals surface area contributed by atoms with Gasteiger partial charge in [-0.2, -0.15) is 0 Å². The number of likely N-dealkylation sites (tertiary alicyclic amines) is 1. The summed E-state index contributed by atoms with van der Waals surface area (Å²) < 4.78 is 0. The van der Waals surface area contributed by atoms with Crippen LogP contribution in [-0.4, -0.2) is 53.1 Å². The van der Waals surface area contributed by atoms with Crippen molar-refractivity contribution in [3.8, 4) is 0 Å². The van der Waals surface area contributed by atoms with Crippen molar-refractivity contribution in [3.05, 3.63) is 0 Å². The van der Waals surface area contributed by atoms with Gasteiger partial charge in [-0.1, -0.05) is 34.6 Å². The van der Waals surface area contributed by atoms with Crippen LogP contribution in [0.2, 0.25) is 0 Å². The van der Waals surface area contributed by atoms with Gasteiger partial charge in [0.05, 0.1) is 0 Å². The van der Waals surface area contributed by atoms with Crippen molar-refractivity contribution in [2.75, 3.05) is 13.1 Å². The molecule has 146 valence electrons. The fourth-order valence-electron chi connectivity index (χ4n) is 3.47. The monoisotopic (exact) mass is 364 g/mol. The Balaban J connectivity index is 2.07. The van der Waals surface area contributed by atoms with Crippen molar-refractivity contribution in [2.24, 2.45) is 16.3 Å². The van der Waals surface area contributed by atoms with Crippen LogP contribution in [0.1, 0.15) is 60.8 Å². The van der Waals surface area contributed by atoms with E-state index in [-0.39, 0.29) is 23.1 Å². The molecule has 7 nitrogen and oxygen atoms in total. The van der Waals surface area contributed by atoms with Crippen LogP contribution in [0.5, 0.6) is 0 Å². The second-order valence-electron chi connectivity index (χ2n) is 8.90. The van der Waals surface area contributed by atoms with E-state index < -0.39 is 11.6 Å². The number of aliphatic imine (C=N–C) groups is 1. The predicted octanol–water partition coefficient (Wildman–Crippen LogP) is 1.47. The zero-order valence-electron chi connectivity index (χ0n) is 16.8. The second-order valence-corrected chi connectivity index (χ2v) is 8.90. The predicted molar refractivity (Wildman–Crippen MR) is 101 cm³/mol. The molecule has 1 saturated heterocycles. The zero-order chi connectivity index (χ0) is 19.7. The number of nitrogens with zero attached hydrogens (tertiary/aromatic N) is 2. The highest BCUT2D eigenvalue weighted by molar-refractivity contribution is 6.10. The molecule has 7 heteroatoms. The normalized spacial score (nSPS) is 20.8. The van der Waals surface area contributed by atoms with Gasteiger partial charge in [0.2, 0.25) is 11.8 Å². The summed E-state index contributed by atoms with van der Waals surface area (Å²) in [5.74, 6) is 0.689. The molecule has 0 radical (unpaired) electrons. The average Bonchev–Trinajstić information content (AvgIpc) is 2.83. The van der Waals surface area contributed by atoms with Crippen molar-refractivity contribution in [2.45, 2.75) is 72.4 Å². The molecule has 1 spiro atoms. The number of piperidine rings is 1. The van der Waals surface area contributed by atoms with Gasteiger partial charge in [0.1, 0.15) is 17.4 Å². The van der Waals surface area contributed by atoms with E-state index in [0.29, 0.717) is 38.3 Å². The highest BCUT2D eigenvalue weighted by Crippen LogP contribution is 2.33. The Morgan fingerprint density at radius 1 is 1.27 bits per heavy atom. The maximum atomic E-state index is 12.9. The molecule has 3 amide bonds. The first-order valence-electron chi connectivity index (χ1n) is 9.42. The third kappa shape index (κ3) is 4.43. The van der Waals surface area contributed by atoms with Crippen LogP contribution in [0.25, 0.3) is 0 Å². The number of hydrogen-bond acceptors (Lipinski definition) is 4. The molecule has 1 fully saturated rings. The van der Waals surface area contributed by atoms with E-state index in [0.717, 1.165) is 5.84 Å². The fourth-order valence-corrected chi connectivity index (χ4v) is 3.47. The summed E-state index contributed by atoms with van der Waals surface area (Å²) in [4.78, 5) is 43.3. The van der Waals surface area contributed by atoms with Crippen molar-refractivity contribution in [1.82, 2.24) is 15.5 Å². The maximum absolute atomic E-state index is 12.9. The molecule has 1 atom stereocenters. The first-order valence-corrected chi connectivity index (χ1v) is 9.42. The number of nitrogens with one attached hydrogen (secondary N) is 2. The van der Waals surface area contributed by atoms with Crippen molar-refractivity contribution in [3.63, 3.8) is 0 Å². The molecule has 0 aromatic rings. The van der Waals surface area contributed by atoms with E-state index in [1.54, 1.807) is 4.90 Å². The maximum Gasteiger partial charge on any atom is 0.253 e. The zero-order valence-corrected chi connectivity index (χ0v) is 16.8. The minimum absolute atomic E-state index is 0.0601. The molecule has 2 aliphatic rings. The number of amidine groups is 1. The fraction of sp³-hybridized carbons (Fsp3) is 0.789. The van der Waals surface area contributed by atoms with E-state index in [1.165, 1.54) is 6.92 Å². The van der Waals surface area contributed by atoms with Crippen LogP contribution in [-0.2, 0) is 14.4 Å². The van der Waals surface area contributed by atoms with Crippen LogP contribution in [0.4, 0.5) is 0 Å². The second kappa shape index (κ2) is 7.37. The summed E-state index contributed by atoms with van der Waals surface area (Å²) in [6.07, 6.45) is 1.63. The van der Waals surface area contributed by atoms with Gasteiger partial charge in [-0.05, 0) is 25.2 Å². The van der Waals surface area contributed by atoms with Crippen LogP contribution in [0.15, 0.2) is 4.99 Å². The van der Waals surface area contributed by atoms with E-state index in [9.17, 15) is 14.4 Å². The third-order valence-corrected chi connectivity index (χ3v) is 4.98. The van der Waals surface area contributed by atoms with Crippen LogP contribution in [0, 0.1) is 11.3 Å². The molecule has 2 N–H and O–H groups in total. The Bertz CT molecular complexity index is 611. The van der Waals surface area contributed by atoms with E-state index in [4.69, 9.17) is 4.99 Å². The summed E-state index contributed by atoms with van der Waals surface area (Å²) in [5, 5.41) is 5.69. The lowest BCUT2D eigenvalue weighted by Gasteiger charge is -2.37. The lowest BCUT2D eigenvalue weighted by molar-refractivity contribution is -0.139. The Morgan fingerprint density at radius 2 is 1.85 bits per heavy atom. The standard InChI is InChI=1S/C19H32N4O3/c1-12(2)11-14(20-13(3)24)15(25)23-9-7-19(8-10-23)17(26)21-16(22-19)18(4,5)6/h12,14H,7-11H2,1-6H3,(H,20,24)(H,21,22,26)/t14-/m0/s1. The first-order chi connectivity index (χ1) is 11.9.